The molecule has 5 rings (SSSR count). The van der Waals surface area contributed by atoms with E-state index in [-0.39, 0.29) is 36.6 Å². The zero-order valence-corrected chi connectivity index (χ0v) is 20.4. The summed E-state index contributed by atoms with van der Waals surface area (Å²) >= 11 is 6.17. The number of carboxylic acid groups (broad SMARTS) is 1. The van der Waals surface area contributed by atoms with Crippen LogP contribution >= 0.6 is 11.6 Å². The van der Waals surface area contributed by atoms with E-state index in [1.807, 2.05) is 12.1 Å². The summed E-state index contributed by atoms with van der Waals surface area (Å²) in [4.78, 5) is 49.3. The Labute approximate surface area is 218 Å². The van der Waals surface area contributed by atoms with Gasteiger partial charge >= 0.3 is 5.97 Å². The van der Waals surface area contributed by atoms with Crippen molar-refractivity contribution in [2.24, 2.45) is 0 Å². The molecule has 1 N–H and O–H groups in total. The Morgan fingerprint density at radius 3 is 2.59 bits per heavy atom. The zero-order valence-electron chi connectivity index (χ0n) is 19.7. The summed E-state index contributed by atoms with van der Waals surface area (Å²) in [6.45, 7) is 0.108. The third kappa shape index (κ3) is 5.13. The van der Waals surface area contributed by atoms with Crippen molar-refractivity contribution in [2.75, 3.05) is 0 Å². The van der Waals surface area contributed by atoms with Crippen molar-refractivity contribution >= 4 is 29.3 Å². The molecule has 4 aromatic rings. The number of carboxylic acids is 1. The monoisotopic (exact) mass is 511 g/mol. The van der Waals surface area contributed by atoms with Crippen LogP contribution in [0.2, 0.25) is 5.02 Å². The second-order valence-electron chi connectivity index (χ2n) is 8.85. The van der Waals surface area contributed by atoms with E-state index in [2.05, 4.69) is 9.97 Å². The molecular formula is C29H22ClN3O4. The molecule has 8 heteroatoms. The van der Waals surface area contributed by atoms with E-state index in [0.717, 1.165) is 0 Å². The summed E-state index contributed by atoms with van der Waals surface area (Å²) < 4.78 is 0. The molecule has 0 aliphatic carbocycles. The average molecular weight is 512 g/mol. The maximum atomic E-state index is 13.8. The lowest BCUT2D eigenvalue weighted by molar-refractivity contribution is -0.122. The Morgan fingerprint density at radius 2 is 1.86 bits per heavy atom. The number of ketones is 1. The van der Waals surface area contributed by atoms with E-state index in [1.54, 1.807) is 72.0 Å². The zero-order chi connectivity index (χ0) is 25.9. The van der Waals surface area contributed by atoms with Gasteiger partial charge < -0.3 is 10.0 Å². The summed E-state index contributed by atoms with van der Waals surface area (Å²) in [5.41, 5.74) is 3.66. The first-order chi connectivity index (χ1) is 17.9. The SMILES string of the molecule is O=C(O)c1ccc(CN2C(=O)c3ccc(Cl)cc3CC(=O)[C@H]2Cc2ccccn2)cc1-c1cccnc1. The Hall–Kier alpha value is -4.36. The minimum atomic E-state index is -1.06. The molecule has 0 unspecified atom stereocenters. The number of amides is 1. The molecule has 1 aliphatic rings. The molecule has 0 bridgehead atoms. The fraction of sp³-hybridized carbons (Fsp3) is 0.138. The summed E-state index contributed by atoms with van der Waals surface area (Å²) in [7, 11) is 0. The van der Waals surface area contributed by atoms with Crippen LogP contribution in [-0.2, 0) is 24.2 Å². The second-order valence-corrected chi connectivity index (χ2v) is 9.28. The highest BCUT2D eigenvalue weighted by Gasteiger charge is 2.36. The first-order valence-corrected chi connectivity index (χ1v) is 12.1. The van der Waals surface area contributed by atoms with Crippen molar-refractivity contribution in [3.05, 3.63) is 118 Å². The minimum absolute atomic E-state index is 0.0779. The molecule has 37 heavy (non-hydrogen) atoms. The molecule has 0 radical (unpaired) electrons. The smallest absolute Gasteiger partial charge is 0.336 e. The van der Waals surface area contributed by atoms with Gasteiger partial charge in [-0.2, -0.15) is 0 Å². The fourth-order valence-electron chi connectivity index (χ4n) is 4.65. The maximum Gasteiger partial charge on any atom is 0.336 e. The number of fused-ring (bicyclic) bond motifs is 1. The molecule has 1 amide bonds. The average Bonchev–Trinajstić information content (AvgIpc) is 2.99. The van der Waals surface area contributed by atoms with Crippen molar-refractivity contribution in [2.45, 2.75) is 25.4 Å². The quantitative estimate of drug-likeness (QED) is 0.396. The van der Waals surface area contributed by atoms with E-state index >= 15 is 0 Å². The molecule has 7 nitrogen and oxygen atoms in total. The lowest BCUT2D eigenvalue weighted by Crippen LogP contribution is -2.45. The highest BCUT2D eigenvalue weighted by molar-refractivity contribution is 6.30. The normalized spacial score (nSPS) is 15.3. The molecular weight excluding hydrogens is 490 g/mol. The van der Waals surface area contributed by atoms with Gasteiger partial charge in [0.1, 0.15) is 0 Å². The molecule has 184 valence electrons. The fourth-order valence-corrected chi connectivity index (χ4v) is 4.84. The van der Waals surface area contributed by atoms with Crippen LogP contribution in [0.4, 0.5) is 0 Å². The first-order valence-electron chi connectivity index (χ1n) is 11.7. The number of halogens is 1. The van der Waals surface area contributed by atoms with Crippen LogP contribution in [0.1, 0.15) is 37.5 Å². The third-order valence-electron chi connectivity index (χ3n) is 6.44. The Bertz CT molecular complexity index is 1490. The van der Waals surface area contributed by atoms with Gasteiger partial charge in [0.05, 0.1) is 11.6 Å². The van der Waals surface area contributed by atoms with Gasteiger partial charge in [-0.25, -0.2) is 4.79 Å². The molecule has 0 saturated carbocycles. The third-order valence-corrected chi connectivity index (χ3v) is 6.67. The largest absolute Gasteiger partial charge is 0.478 e. The second kappa shape index (κ2) is 10.3. The van der Waals surface area contributed by atoms with Crippen LogP contribution < -0.4 is 0 Å². The number of pyridine rings is 2. The van der Waals surface area contributed by atoms with E-state index in [0.29, 0.717) is 38.5 Å². The van der Waals surface area contributed by atoms with Gasteiger partial charge in [0.15, 0.2) is 5.78 Å². The van der Waals surface area contributed by atoms with Crippen molar-refractivity contribution in [3.63, 3.8) is 0 Å². The van der Waals surface area contributed by atoms with Crippen molar-refractivity contribution in [1.82, 2.24) is 14.9 Å². The predicted octanol–water partition coefficient (Wildman–Crippen LogP) is 4.87. The standard InChI is InChI=1S/C29H22ClN3O4/c30-21-7-9-23-20(13-21)14-27(34)26(15-22-5-1-2-11-32-22)33(28(23)35)17-18-6-8-24(29(36)37)25(12-18)19-4-3-10-31-16-19/h1-13,16,26H,14-15,17H2,(H,36,37)/t26-/m1/s1. The molecule has 2 aromatic carbocycles. The number of hydrogen-bond acceptors (Lipinski definition) is 5. The van der Waals surface area contributed by atoms with Crippen LogP contribution in [0.25, 0.3) is 11.1 Å². The van der Waals surface area contributed by atoms with Crippen molar-refractivity contribution < 1.29 is 19.5 Å². The molecule has 3 heterocycles. The number of aromatic carboxylic acids is 1. The Morgan fingerprint density at radius 1 is 1.00 bits per heavy atom. The molecule has 0 spiro atoms. The molecule has 1 atom stereocenters. The van der Waals surface area contributed by atoms with Gasteiger partial charge in [0, 0.05) is 59.8 Å². The molecule has 0 saturated heterocycles. The van der Waals surface area contributed by atoms with Crippen LogP contribution in [0, 0.1) is 0 Å². The number of carbonyl (C=O) groups excluding carboxylic acids is 2. The number of benzene rings is 2. The summed E-state index contributed by atoms with van der Waals surface area (Å²) in [5, 5.41) is 10.2. The number of aromatic nitrogens is 2. The van der Waals surface area contributed by atoms with Gasteiger partial charge in [0.2, 0.25) is 0 Å². The van der Waals surface area contributed by atoms with Gasteiger partial charge in [-0.05, 0) is 65.2 Å². The van der Waals surface area contributed by atoms with E-state index in [4.69, 9.17) is 11.6 Å². The van der Waals surface area contributed by atoms with Gasteiger partial charge in [-0.3, -0.25) is 19.6 Å². The number of carbonyl (C=O) groups is 3. The molecule has 2 aromatic heterocycles. The van der Waals surface area contributed by atoms with Crippen molar-refractivity contribution in [3.8, 4) is 11.1 Å². The van der Waals surface area contributed by atoms with Crippen LogP contribution in [0.5, 0.6) is 0 Å². The van der Waals surface area contributed by atoms with Gasteiger partial charge in [-0.1, -0.05) is 29.8 Å². The number of nitrogens with zero attached hydrogens (tertiary/aromatic N) is 3. The van der Waals surface area contributed by atoms with E-state index < -0.39 is 12.0 Å². The van der Waals surface area contributed by atoms with Gasteiger partial charge in [0.25, 0.3) is 5.91 Å². The van der Waals surface area contributed by atoms with Crippen molar-refractivity contribution in [1.29, 1.82) is 0 Å². The number of rotatable bonds is 6. The summed E-state index contributed by atoms with van der Waals surface area (Å²) in [5.74, 6) is -1.47. The highest BCUT2D eigenvalue weighted by Crippen LogP contribution is 2.29. The lowest BCUT2D eigenvalue weighted by atomic mass is 9.97. The van der Waals surface area contributed by atoms with E-state index in [9.17, 15) is 19.5 Å². The summed E-state index contributed by atoms with van der Waals surface area (Å²) in [6.07, 6.45) is 5.20. The Balaban J connectivity index is 1.58. The molecule has 1 aliphatic heterocycles. The number of Topliss-reactive ketones (excluding diaryl/α,β-unsaturated/α-hetero) is 1. The maximum absolute atomic E-state index is 13.8. The van der Waals surface area contributed by atoms with Crippen LogP contribution in [-0.4, -0.2) is 43.7 Å². The van der Waals surface area contributed by atoms with Crippen LogP contribution in [0.3, 0.4) is 0 Å². The van der Waals surface area contributed by atoms with Gasteiger partial charge in [-0.15, -0.1) is 0 Å². The minimum Gasteiger partial charge on any atom is -0.478 e. The highest BCUT2D eigenvalue weighted by atomic mass is 35.5. The molecule has 0 fully saturated rings. The van der Waals surface area contributed by atoms with Crippen LogP contribution in [0.15, 0.2) is 85.3 Å². The first kappa shape index (κ1) is 24.3. The van der Waals surface area contributed by atoms with E-state index in [1.165, 1.54) is 6.07 Å². The predicted molar refractivity (Wildman–Crippen MR) is 138 cm³/mol. The number of hydrogen-bond donors (Lipinski definition) is 1. The Kier molecular flexibility index (Phi) is 6.79. The topological polar surface area (TPSA) is 100 Å². The summed E-state index contributed by atoms with van der Waals surface area (Å²) in [6, 6.07) is 18.1. The lowest BCUT2D eigenvalue weighted by Gasteiger charge is -2.29.